The van der Waals surface area contributed by atoms with Crippen LogP contribution in [0.2, 0.25) is 0 Å². The van der Waals surface area contributed by atoms with Gasteiger partial charge in [0.05, 0.1) is 19.8 Å². The van der Waals surface area contributed by atoms with E-state index >= 15 is 0 Å². The number of amides is 4. The third kappa shape index (κ3) is 17.0. The number of aliphatic carboxylic acids is 3. The fourth-order valence-electron chi connectivity index (χ4n) is 2.47. The summed E-state index contributed by atoms with van der Waals surface area (Å²) in [7, 11) is 0. The SMILES string of the molecule is C#CCOCCOCCNC(=O)NCCCC[C@H](NC(=O)N[C@@H](CCC(=O)O)C(=O)O)C(=O)O. The summed E-state index contributed by atoms with van der Waals surface area (Å²) in [6.07, 6.45) is 5.01. The van der Waals surface area contributed by atoms with Crippen LogP contribution >= 0.6 is 0 Å². The molecular weight excluding hydrogens is 456 g/mol. The summed E-state index contributed by atoms with van der Waals surface area (Å²) in [6, 6.07) is -4.21. The van der Waals surface area contributed by atoms with Gasteiger partial charge in [0.2, 0.25) is 0 Å². The first-order valence-electron chi connectivity index (χ1n) is 10.5. The highest BCUT2D eigenvalue weighted by Gasteiger charge is 2.24. The van der Waals surface area contributed by atoms with Crippen LogP contribution in [0.15, 0.2) is 0 Å². The highest BCUT2D eigenvalue weighted by atomic mass is 16.5. The van der Waals surface area contributed by atoms with Crippen molar-refractivity contribution in [3.63, 3.8) is 0 Å². The van der Waals surface area contributed by atoms with Crippen molar-refractivity contribution in [1.29, 1.82) is 0 Å². The Bertz CT molecular complexity index is 710. The van der Waals surface area contributed by atoms with Crippen molar-refractivity contribution in [2.45, 2.75) is 44.2 Å². The topological polar surface area (TPSA) is 213 Å². The van der Waals surface area contributed by atoms with Gasteiger partial charge in [-0.1, -0.05) is 5.92 Å². The van der Waals surface area contributed by atoms with E-state index in [0.717, 1.165) is 0 Å². The molecule has 7 N–H and O–H groups in total. The summed E-state index contributed by atoms with van der Waals surface area (Å²) in [5.41, 5.74) is 0. The van der Waals surface area contributed by atoms with Crippen LogP contribution in [0.5, 0.6) is 0 Å². The largest absolute Gasteiger partial charge is 0.481 e. The van der Waals surface area contributed by atoms with Crippen molar-refractivity contribution in [3.05, 3.63) is 0 Å². The number of carbonyl (C=O) groups is 5. The van der Waals surface area contributed by atoms with E-state index in [-0.39, 0.29) is 32.5 Å². The molecule has 0 unspecified atom stereocenters. The lowest BCUT2D eigenvalue weighted by molar-refractivity contribution is -0.140. The highest BCUT2D eigenvalue weighted by Crippen LogP contribution is 2.03. The van der Waals surface area contributed by atoms with Crippen molar-refractivity contribution >= 4 is 30.0 Å². The van der Waals surface area contributed by atoms with Gasteiger partial charge in [-0.3, -0.25) is 4.79 Å². The molecule has 2 atom stereocenters. The van der Waals surface area contributed by atoms with Crippen LogP contribution in [0.1, 0.15) is 32.1 Å². The van der Waals surface area contributed by atoms with Crippen LogP contribution < -0.4 is 21.3 Å². The van der Waals surface area contributed by atoms with Crippen molar-refractivity contribution in [3.8, 4) is 12.3 Å². The molecule has 14 nitrogen and oxygen atoms in total. The summed E-state index contributed by atoms with van der Waals surface area (Å²) in [6.45, 7) is 1.75. The molecule has 0 aromatic heterocycles. The first kappa shape index (κ1) is 30.4. The maximum atomic E-state index is 11.9. The van der Waals surface area contributed by atoms with Gasteiger partial charge in [0.25, 0.3) is 0 Å². The molecule has 0 aromatic rings. The molecule has 192 valence electrons. The first-order valence-corrected chi connectivity index (χ1v) is 10.5. The average molecular weight is 488 g/mol. The van der Waals surface area contributed by atoms with E-state index in [1.807, 2.05) is 5.32 Å². The molecule has 0 aliphatic rings. The molecule has 0 rings (SSSR count). The molecule has 34 heavy (non-hydrogen) atoms. The molecular formula is C20H32N4O10. The molecule has 0 aliphatic heterocycles. The number of carbonyl (C=O) groups excluding carboxylic acids is 2. The zero-order chi connectivity index (χ0) is 25.8. The van der Waals surface area contributed by atoms with E-state index in [0.29, 0.717) is 32.7 Å². The molecule has 0 bridgehead atoms. The fraction of sp³-hybridized carbons (Fsp3) is 0.650. The lowest BCUT2D eigenvalue weighted by atomic mass is 10.1. The van der Waals surface area contributed by atoms with Gasteiger partial charge < -0.3 is 46.1 Å². The van der Waals surface area contributed by atoms with Gasteiger partial charge in [0.15, 0.2) is 0 Å². The van der Waals surface area contributed by atoms with E-state index in [9.17, 15) is 29.1 Å². The van der Waals surface area contributed by atoms with Crippen LogP contribution in [0.25, 0.3) is 0 Å². The van der Waals surface area contributed by atoms with Crippen LogP contribution in [0.4, 0.5) is 9.59 Å². The van der Waals surface area contributed by atoms with Gasteiger partial charge in [-0.2, -0.15) is 0 Å². The summed E-state index contributed by atoms with van der Waals surface area (Å²) in [5, 5.41) is 36.3. The Balaban J connectivity index is 4.07. The minimum Gasteiger partial charge on any atom is -0.481 e. The molecule has 0 spiro atoms. The van der Waals surface area contributed by atoms with Gasteiger partial charge in [0, 0.05) is 19.5 Å². The van der Waals surface area contributed by atoms with Gasteiger partial charge in [-0.15, -0.1) is 6.42 Å². The second-order valence-corrected chi connectivity index (χ2v) is 6.88. The van der Waals surface area contributed by atoms with E-state index in [1.54, 1.807) is 0 Å². The number of unbranched alkanes of at least 4 members (excludes halogenated alkanes) is 1. The number of terminal acetylenes is 1. The van der Waals surface area contributed by atoms with Gasteiger partial charge >= 0.3 is 30.0 Å². The van der Waals surface area contributed by atoms with E-state index < -0.39 is 48.5 Å². The average Bonchev–Trinajstić information content (AvgIpc) is 2.76. The third-order valence-electron chi connectivity index (χ3n) is 4.15. The molecule has 0 aromatic carbocycles. The molecule has 0 heterocycles. The molecule has 0 radical (unpaired) electrons. The van der Waals surface area contributed by atoms with Crippen molar-refractivity contribution < 1.29 is 48.8 Å². The number of rotatable bonds is 19. The zero-order valence-corrected chi connectivity index (χ0v) is 18.7. The van der Waals surface area contributed by atoms with E-state index in [1.165, 1.54) is 0 Å². The smallest absolute Gasteiger partial charge is 0.326 e. The van der Waals surface area contributed by atoms with Crippen LogP contribution in [0.3, 0.4) is 0 Å². The van der Waals surface area contributed by atoms with Crippen molar-refractivity contribution in [2.75, 3.05) is 39.5 Å². The Morgan fingerprint density at radius 2 is 1.35 bits per heavy atom. The number of nitrogens with one attached hydrogen (secondary N) is 4. The van der Waals surface area contributed by atoms with Gasteiger partial charge in [-0.05, 0) is 25.7 Å². The third-order valence-corrected chi connectivity index (χ3v) is 4.15. The Morgan fingerprint density at radius 3 is 1.94 bits per heavy atom. The predicted molar refractivity (Wildman–Crippen MR) is 117 cm³/mol. The number of carboxylic acids is 3. The summed E-state index contributed by atoms with van der Waals surface area (Å²) in [5.74, 6) is -1.66. The van der Waals surface area contributed by atoms with Gasteiger partial charge in [0.1, 0.15) is 18.7 Å². The number of urea groups is 2. The Kier molecular flexibility index (Phi) is 17.0. The number of carboxylic acid groups (broad SMARTS) is 3. The van der Waals surface area contributed by atoms with Crippen LogP contribution in [0, 0.1) is 12.3 Å². The van der Waals surface area contributed by atoms with Crippen molar-refractivity contribution in [2.24, 2.45) is 0 Å². The quantitative estimate of drug-likeness (QED) is 0.0887. The lowest BCUT2D eigenvalue weighted by Crippen LogP contribution is -2.51. The zero-order valence-electron chi connectivity index (χ0n) is 18.7. The molecule has 14 heteroatoms. The first-order chi connectivity index (χ1) is 16.2. The summed E-state index contributed by atoms with van der Waals surface area (Å²) in [4.78, 5) is 56.6. The van der Waals surface area contributed by atoms with Gasteiger partial charge in [-0.25, -0.2) is 19.2 Å². The lowest BCUT2D eigenvalue weighted by Gasteiger charge is -2.18. The number of hydrogen-bond acceptors (Lipinski definition) is 7. The van der Waals surface area contributed by atoms with Crippen LogP contribution in [-0.2, 0) is 23.9 Å². The summed E-state index contributed by atoms with van der Waals surface area (Å²) < 4.78 is 10.2. The molecule has 0 fully saturated rings. The standard InChI is InChI=1S/C20H32N4O10/c1-2-10-33-12-13-34-11-9-22-19(31)21-8-4-3-5-14(17(27)28)23-20(32)24-15(18(29)30)6-7-16(25)26/h1,14-15H,3-13H2,(H,25,26)(H,27,28)(H,29,30)(H2,21,22,31)(H2,23,24,32)/t14-,15-/m0/s1. The maximum absolute atomic E-state index is 11.9. The summed E-state index contributed by atoms with van der Waals surface area (Å²) >= 11 is 0. The monoisotopic (exact) mass is 488 g/mol. The minimum atomic E-state index is -1.47. The highest BCUT2D eigenvalue weighted by molar-refractivity contribution is 5.86. The molecule has 4 amide bonds. The Hall–Kier alpha value is -3.57. The van der Waals surface area contributed by atoms with E-state index in [2.05, 4.69) is 21.9 Å². The van der Waals surface area contributed by atoms with Crippen LogP contribution in [-0.4, -0.2) is 96.9 Å². The minimum absolute atomic E-state index is 0.0362. The molecule has 0 saturated carbocycles. The number of ether oxygens (including phenoxy) is 2. The fourth-order valence-corrected chi connectivity index (χ4v) is 2.47. The second-order valence-electron chi connectivity index (χ2n) is 6.88. The molecule has 0 aliphatic carbocycles. The van der Waals surface area contributed by atoms with E-state index in [4.69, 9.17) is 26.1 Å². The predicted octanol–water partition coefficient (Wildman–Crippen LogP) is -0.807. The Morgan fingerprint density at radius 1 is 0.765 bits per heavy atom. The molecule has 0 saturated heterocycles. The normalized spacial score (nSPS) is 12.0. The second kappa shape index (κ2) is 18.9. The Labute approximate surface area is 196 Å². The number of hydrogen-bond donors (Lipinski definition) is 7. The maximum Gasteiger partial charge on any atom is 0.326 e. The van der Waals surface area contributed by atoms with Crippen molar-refractivity contribution in [1.82, 2.24) is 21.3 Å².